The van der Waals surface area contributed by atoms with Gasteiger partial charge in [0.15, 0.2) is 0 Å². The first kappa shape index (κ1) is 15.4. The largest absolute Gasteiger partial charge is 0.544 e. The molecule has 0 saturated carbocycles. The van der Waals surface area contributed by atoms with E-state index < -0.39 is 8.32 Å². The minimum absolute atomic E-state index is 0.723. The minimum Gasteiger partial charge on any atom is -0.544 e. The Morgan fingerprint density at radius 3 is 2.57 bits per heavy atom. The maximum absolute atomic E-state index is 6.12. The van der Waals surface area contributed by atoms with Gasteiger partial charge in [0, 0.05) is 30.7 Å². The summed E-state index contributed by atoms with van der Waals surface area (Å²) in [6.45, 7) is 7.30. The molecule has 0 spiro atoms. The molecule has 1 aromatic heterocycles. The lowest BCUT2D eigenvalue weighted by Gasteiger charge is -2.21. The molecule has 21 heavy (non-hydrogen) atoms. The molecule has 0 N–H and O–H groups in total. The van der Waals surface area contributed by atoms with E-state index in [1.165, 1.54) is 11.9 Å². The zero-order valence-electron chi connectivity index (χ0n) is 12.8. The van der Waals surface area contributed by atoms with Crippen molar-refractivity contribution in [3.8, 4) is 5.75 Å². The molecule has 110 valence electrons. The molecule has 0 radical (unpaired) electrons. The summed E-state index contributed by atoms with van der Waals surface area (Å²) in [5.41, 5.74) is 2.13. The number of hydrogen-bond acceptors (Lipinski definition) is 4. The summed E-state index contributed by atoms with van der Waals surface area (Å²) in [6, 6.07) is 8.21. The average molecular weight is 299 g/mol. The molecule has 1 aromatic carbocycles. The SMILES string of the molecule is C[Si](C)(C)Oc1ccccc1CCN=Cc1cncnc1. The highest BCUT2D eigenvalue weighted by atomic mass is 28.4. The van der Waals surface area contributed by atoms with Crippen LogP contribution in [-0.4, -0.2) is 31.0 Å². The molecular formula is C16H21N3OSi. The van der Waals surface area contributed by atoms with Crippen LogP contribution in [0.4, 0.5) is 0 Å². The predicted octanol–water partition coefficient (Wildman–Crippen LogP) is 3.35. The first-order valence-corrected chi connectivity index (χ1v) is 10.5. The molecule has 0 fully saturated rings. The standard InChI is InChI=1S/C16H21N3OSi/c1-21(2,3)20-16-7-5-4-6-15(16)8-9-17-10-14-11-18-13-19-12-14/h4-7,10-13H,8-9H2,1-3H3. The fraction of sp³-hybridized carbons (Fsp3) is 0.312. The van der Waals surface area contributed by atoms with Gasteiger partial charge in [-0.3, -0.25) is 4.99 Å². The number of para-hydroxylation sites is 1. The quantitative estimate of drug-likeness (QED) is 0.607. The Bertz CT molecular complexity index is 594. The third-order valence-electron chi connectivity index (χ3n) is 2.72. The van der Waals surface area contributed by atoms with Gasteiger partial charge >= 0.3 is 0 Å². The Morgan fingerprint density at radius 1 is 1.14 bits per heavy atom. The van der Waals surface area contributed by atoms with Crippen LogP contribution in [-0.2, 0) is 6.42 Å². The van der Waals surface area contributed by atoms with Crippen LogP contribution in [0.15, 0.2) is 48.0 Å². The van der Waals surface area contributed by atoms with Crippen LogP contribution in [0.25, 0.3) is 0 Å². The highest BCUT2D eigenvalue weighted by Gasteiger charge is 2.17. The zero-order chi connectivity index (χ0) is 15.1. The second-order valence-electron chi connectivity index (χ2n) is 5.78. The van der Waals surface area contributed by atoms with Gasteiger partial charge in [-0.2, -0.15) is 0 Å². The van der Waals surface area contributed by atoms with E-state index in [1.807, 2.05) is 24.4 Å². The summed E-state index contributed by atoms with van der Waals surface area (Å²) in [6.07, 6.45) is 7.69. The number of nitrogens with zero attached hydrogens (tertiary/aromatic N) is 3. The molecule has 0 amide bonds. The summed E-state index contributed by atoms with van der Waals surface area (Å²) >= 11 is 0. The van der Waals surface area contributed by atoms with Crippen LogP contribution in [0, 0.1) is 0 Å². The monoisotopic (exact) mass is 299 g/mol. The maximum atomic E-state index is 6.12. The van der Waals surface area contributed by atoms with Gasteiger partial charge < -0.3 is 4.43 Å². The van der Waals surface area contributed by atoms with Crippen LogP contribution in [0.1, 0.15) is 11.1 Å². The Morgan fingerprint density at radius 2 is 1.86 bits per heavy atom. The van der Waals surface area contributed by atoms with Crippen molar-refractivity contribution in [2.45, 2.75) is 26.1 Å². The third kappa shape index (κ3) is 5.47. The second kappa shape index (κ2) is 7.13. The normalized spacial score (nSPS) is 11.8. The highest BCUT2D eigenvalue weighted by molar-refractivity contribution is 6.70. The number of rotatable bonds is 6. The van der Waals surface area contributed by atoms with Crippen molar-refractivity contribution in [2.75, 3.05) is 6.54 Å². The molecule has 5 heteroatoms. The lowest BCUT2D eigenvalue weighted by atomic mass is 10.1. The number of aliphatic imine (C=N–C) groups is 1. The molecular weight excluding hydrogens is 278 g/mol. The number of hydrogen-bond donors (Lipinski definition) is 0. The van der Waals surface area contributed by atoms with Crippen molar-refractivity contribution in [1.29, 1.82) is 0 Å². The number of aromatic nitrogens is 2. The fourth-order valence-electron chi connectivity index (χ4n) is 1.87. The highest BCUT2D eigenvalue weighted by Crippen LogP contribution is 2.22. The topological polar surface area (TPSA) is 47.4 Å². The van der Waals surface area contributed by atoms with Gasteiger partial charge in [0.05, 0.1) is 0 Å². The smallest absolute Gasteiger partial charge is 0.242 e. The van der Waals surface area contributed by atoms with Gasteiger partial charge in [-0.05, 0) is 37.7 Å². The van der Waals surface area contributed by atoms with E-state index in [0.29, 0.717) is 0 Å². The van der Waals surface area contributed by atoms with Gasteiger partial charge in [0.25, 0.3) is 0 Å². The van der Waals surface area contributed by atoms with Crippen LogP contribution in [0.3, 0.4) is 0 Å². The van der Waals surface area contributed by atoms with Gasteiger partial charge in [-0.15, -0.1) is 0 Å². The Labute approximate surface area is 127 Å². The van der Waals surface area contributed by atoms with Crippen molar-refractivity contribution >= 4 is 14.5 Å². The van der Waals surface area contributed by atoms with Gasteiger partial charge in [0.2, 0.25) is 8.32 Å². The Balaban J connectivity index is 1.96. The van der Waals surface area contributed by atoms with E-state index in [-0.39, 0.29) is 0 Å². The summed E-state index contributed by atoms with van der Waals surface area (Å²) in [7, 11) is -1.58. The lowest BCUT2D eigenvalue weighted by molar-refractivity contribution is 0.549. The average Bonchev–Trinajstić information content (AvgIpc) is 2.45. The zero-order valence-corrected chi connectivity index (χ0v) is 13.8. The van der Waals surface area contributed by atoms with Crippen molar-refractivity contribution < 1.29 is 4.43 Å². The van der Waals surface area contributed by atoms with E-state index in [0.717, 1.165) is 24.3 Å². The maximum Gasteiger partial charge on any atom is 0.242 e. The number of benzene rings is 1. The molecule has 0 unspecified atom stereocenters. The van der Waals surface area contributed by atoms with Crippen LogP contribution >= 0.6 is 0 Å². The second-order valence-corrected chi connectivity index (χ2v) is 10.2. The van der Waals surface area contributed by atoms with Crippen molar-refractivity contribution in [1.82, 2.24) is 9.97 Å². The van der Waals surface area contributed by atoms with E-state index in [2.05, 4.69) is 40.7 Å². The molecule has 0 aliphatic carbocycles. The van der Waals surface area contributed by atoms with Gasteiger partial charge in [-0.1, -0.05) is 18.2 Å². The van der Waals surface area contributed by atoms with Crippen LogP contribution in [0.2, 0.25) is 19.6 Å². The summed E-state index contributed by atoms with van der Waals surface area (Å²) in [5.74, 6) is 0.995. The van der Waals surface area contributed by atoms with Crippen molar-refractivity contribution in [3.05, 3.63) is 54.1 Å². The molecule has 1 heterocycles. The Hall–Kier alpha value is -2.01. The molecule has 0 atom stereocenters. The first-order chi connectivity index (χ1) is 10.0. The van der Waals surface area contributed by atoms with Gasteiger partial charge in [0.1, 0.15) is 12.1 Å². The molecule has 2 aromatic rings. The molecule has 0 aliphatic heterocycles. The predicted molar refractivity (Wildman–Crippen MR) is 88.6 cm³/mol. The van der Waals surface area contributed by atoms with E-state index >= 15 is 0 Å². The van der Waals surface area contributed by atoms with Crippen LogP contribution in [0.5, 0.6) is 5.75 Å². The third-order valence-corrected chi connectivity index (χ3v) is 3.55. The Kier molecular flexibility index (Phi) is 5.22. The molecule has 4 nitrogen and oxygen atoms in total. The van der Waals surface area contributed by atoms with Crippen LogP contribution < -0.4 is 4.43 Å². The first-order valence-electron chi connectivity index (χ1n) is 7.06. The minimum atomic E-state index is -1.58. The van der Waals surface area contributed by atoms with E-state index in [9.17, 15) is 0 Å². The summed E-state index contributed by atoms with van der Waals surface area (Å²) < 4.78 is 6.12. The summed E-state index contributed by atoms with van der Waals surface area (Å²) in [4.78, 5) is 12.3. The molecule has 0 saturated heterocycles. The van der Waals surface area contributed by atoms with E-state index in [4.69, 9.17) is 4.43 Å². The molecule has 2 rings (SSSR count). The lowest BCUT2D eigenvalue weighted by Crippen LogP contribution is -2.29. The molecule has 0 bridgehead atoms. The molecule has 0 aliphatic rings. The van der Waals surface area contributed by atoms with Gasteiger partial charge in [-0.25, -0.2) is 9.97 Å². The van der Waals surface area contributed by atoms with Crippen molar-refractivity contribution in [3.63, 3.8) is 0 Å². The summed E-state index contributed by atoms with van der Waals surface area (Å²) in [5, 5.41) is 0. The fourth-order valence-corrected chi connectivity index (χ4v) is 2.73. The van der Waals surface area contributed by atoms with E-state index in [1.54, 1.807) is 12.4 Å². The van der Waals surface area contributed by atoms with Crippen molar-refractivity contribution in [2.24, 2.45) is 4.99 Å².